The monoisotopic (exact) mass is 812 g/mol. The van der Waals surface area contributed by atoms with Gasteiger partial charge in [-0.3, -0.25) is 4.79 Å². The van der Waals surface area contributed by atoms with Crippen molar-refractivity contribution in [2.45, 2.75) is 19.3 Å². The van der Waals surface area contributed by atoms with Crippen molar-refractivity contribution < 1.29 is 4.79 Å². The van der Waals surface area contributed by atoms with Gasteiger partial charge in [0.2, 0.25) is 0 Å². The number of aromatic nitrogens is 1. The SMILES string of the molecule is CC1(C)c2ccccc2C(=O)c2ccc(-c3cccc(-n4c5ccc(-c6ccccc6)cc5c5cc(N(c6ccccc6)c6cccc7c6sc6ccccc67)ccc54)c3)cc21. The Bertz CT molecular complexity index is 3580. The molecular formula is C58H40N2OS. The van der Waals surface area contributed by atoms with Crippen LogP contribution in [0.2, 0.25) is 0 Å². The molecule has 294 valence electrons. The summed E-state index contributed by atoms with van der Waals surface area (Å²) in [5.41, 5.74) is 14.7. The summed E-state index contributed by atoms with van der Waals surface area (Å²) in [4.78, 5) is 16.2. The number of hydrogen-bond donors (Lipinski definition) is 0. The Morgan fingerprint density at radius 3 is 1.94 bits per heavy atom. The van der Waals surface area contributed by atoms with Gasteiger partial charge in [-0.05, 0) is 106 Å². The van der Waals surface area contributed by atoms with Crippen LogP contribution in [-0.4, -0.2) is 10.4 Å². The summed E-state index contributed by atoms with van der Waals surface area (Å²) in [6, 6.07) is 73.9. The van der Waals surface area contributed by atoms with Gasteiger partial charge in [0.25, 0.3) is 0 Å². The first-order chi connectivity index (χ1) is 30.4. The maximum absolute atomic E-state index is 13.7. The lowest BCUT2D eigenvalue weighted by Gasteiger charge is -2.34. The number of carbonyl (C=O) groups is 1. The number of carbonyl (C=O) groups excluding carboxylic acids is 1. The average Bonchev–Trinajstić information content (AvgIpc) is 3.87. The van der Waals surface area contributed by atoms with E-state index in [1.807, 2.05) is 35.6 Å². The Morgan fingerprint density at radius 1 is 0.452 bits per heavy atom. The molecule has 0 saturated heterocycles. The van der Waals surface area contributed by atoms with Crippen molar-refractivity contribution in [3.8, 4) is 27.9 Å². The molecule has 0 spiro atoms. The van der Waals surface area contributed by atoms with Gasteiger partial charge in [0.05, 0.1) is 21.4 Å². The summed E-state index contributed by atoms with van der Waals surface area (Å²) >= 11 is 1.85. The van der Waals surface area contributed by atoms with Gasteiger partial charge in [0.1, 0.15) is 0 Å². The molecule has 0 saturated carbocycles. The first-order valence-corrected chi connectivity index (χ1v) is 22.0. The minimum absolute atomic E-state index is 0.0982. The van der Waals surface area contributed by atoms with Crippen molar-refractivity contribution in [3.63, 3.8) is 0 Å². The Labute approximate surface area is 364 Å². The zero-order chi connectivity index (χ0) is 41.5. The lowest BCUT2D eigenvalue weighted by atomic mass is 9.68. The van der Waals surface area contributed by atoms with E-state index in [1.54, 1.807) is 0 Å². The highest BCUT2D eigenvalue weighted by atomic mass is 32.1. The predicted octanol–water partition coefficient (Wildman–Crippen LogP) is 15.8. The number of hydrogen-bond acceptors (Lipinski definition) is 3. The number of anilines is 3. The van der Waals surface area contributed by atoms with Gasteiger partial charge < -0.3 is 9.47 Å². The molecule has 2 heterocycles. The molecular weight excluding hydrogens is 773 g/mol. The Kier molecular flexibility index (Phi) is 8.22. The molecule has 11 aromatic rings. The average molecular weight is 813 g/mol. The molecule has 0 amide bonds. The van der Waals surface area contributed by atoms with Crippen LogP contribution in [0.25, 0.3) is 69.9 Å². The molecule has 1 aliphatic carbocycles. The van der Waals surface area contributed by atoms with E-state index in [-0.39, 0.29) is 11.2 Å². The molecule has 0 radical (unpaired) electrons. The standard InChI is InChI=1S/C58H40N2OS/c1-58(2)50-24-11-9-22-46(50)56(61)47-30-27-40(35-51(47)58)38-17-13-20-42(33-38)60-52-31-28-39(37-15-5-3-6-16-37)34-48(52)49-36-43(29-32-53(49)60)59(41-18-7-4-8-19-41)54-25-14-23-45-44-21-10-12-26-55(44)62-57(45)54/h3-36H,1-2H3. The number of thiophene rings is 1. The first kappa shape index (κ1) is 36.3. The van der Waals surface area contributed by atoms with Crippen molar-refractivity contribution in [3.05, 3.63) is 229 Å². The second kappa shape index (κ2) is 14.0. The van der Waals surface area contributed by atoms with Gasteiger partial charge in [-0.15, -0.1) is 11.3 Å². The van der Waals surface area contributed by atoms with Crippen LogP contribution >= 0.6 is 11.3 Å². The van der Waals surface area contributed by atoms with Crippen molar-refractivity contribution in [1.82, 2.24) is 4.57 Å². The fourth-order valence-corrected chi connectivity index (χ4v) is 11.1. The van der Waals surface area contributed by atoms with Crippen LogP contribution in [0, 0.1) is 0 Å². The normalized spacial score (nSPS) is 13.2. The van der Waals surface area contributed by atoms with Crippen LogP contribution in [0.1, 0.15) is 40.9 Å². The third-order valence-electron chi connectivity index (χ3n) is 13.0. The summed E-state index contributed by atoms with van der Waals surface area (Å²) in [6.07, 6.45) is 0. The van der Waals surface area contributed by atoms with Gasteiger partial charge in [-0.25, -0.2) is 0 Å². The molecule has 0 fully saturated rings. The van der Waals surface area contributed by atoms with E-state index in [9.17, 15) is 4.79 Å². The molecule has 0 bridgehead atoms. The quantitative estimate of drug-likeness (QED) is 0.167. The van der Waals surface area contributed by atoms with E-state index < -0.39 is 0 Å². The van der Waals surface area contributed by atoms with E-state index in [0.717, 1.165) is 67.2 Å². The van der Waals surface area contributed by atoms with Crippen LogP contribution in [0.4, 0.5) is 17.1 Å². The van der Waals surface area contributed by atoms with Crippen molar-refractivity contribution >= 4 is 76.2 Å². The highest BCUT2D eigenvalue weighted by Gasteiger charge is 2.36. The zero-order valence-electron chi connectivity index (χ0n) is 34.3. The number of rotatable bonds is 6. The summed E-state index contributed by atoms with van der Waals surface area (Å²) in [6.45, 7) is 4.46. The van der Waals surface area contributed by atoms with Gasteiger partial charge in [0, 0.05) is 59.8 Å². The highest BCUT2D eigenvalue weighted by Crippen LogP contribution is 2.47. The van der Waals surface area contributed by atoms with E-state index in [2.05, 4.69) is 205 Å². The van der Waals surface area contributed by atoms with Gasteiger partial charge >= 0.3 is 0 Å². The lowest BCUT2D eigenvalue weighted by Crippen LogP contribution is -2.30. The number of para-hydroxylation sites is 1. The molecule has 1 aliphatic rings. The maximum Gasteiger partial charge on any atom is 0.193 e. The predicted molar refractivity (Wildman–Crippen MR) is 261 cm³/mol. The number of fused-ring (bicyclic) bond motifs is 8. The van der Waals surface area contributed by atoms with Gasteiger partial charge in [-0.2, -0.15) is 0 Å². The molecule has 0 N–H and O–H groups in total. The molecule has 0 atom stereocenters. The largest absolute Gasteiger partial charge is 0.309 e. The van der Waals surface area contributed by atoms with E-state index in [4.69, 9.17) is 0 Å². The van der Waals surface area contributed by atoms with Crippen LogP contribution in [0.5, 0.6) is 0 Å². The Balaban J connectivity index is 1.05. The van der Waals surface area contributed by atoms with E-state index >= 15 is 0 Å². The summed E-state index contributed by atoms with van der Waals surface area (Å²) in [7, 11) is 0. The molecule has 0 aliphatic heterocycles. The molecule has 3 nitrogen and oxygen atoms in total. The minimum Gasteiger partial charge on any atom is -0.309 e. The minimum atomic E-state index is -0.315. The molecule has 4 heteroatoms. The number of nitrogens with zero attached hydrogens (tertiary/aromatic N) is 2. The number of benzene rings is 9. The molecule has 0 unspecified atom stereocenters. The summed E-state index contributed by atoms with van der Waals surface area (Å²) < 4.78 is 4.96. The van der Waals surface area contributed by atoms with Crippen molar-refractivity contribution in [2.24, 2.45) is 0 Å². The molecule has 12 rings (SSSR count). The van der Waals surface area contributed by atoms with E-state index in [1.165, 1.54) is 42.1 Å². The van der Waals surface area contributed by atoms with Gasteiger partial charge in [0.15, 0.2) is 5.78 Å². The zero-order valence-corrected chi connectivity index (χ0v) is 35.2. The molecule has 62 heavy (non-hydrogen) atoms. The third kappa shape index (κ3) is 5.61. The topological polar surface area (TPSA) is 25.2 Å². The van der Waals surface area contributed by atoms with Crippen LogP contribution in [-0.2, 0) is 5.41 Å². The van der Waals surface area contributed by atoms with E-state index in [0.29, 0.717) is 0 Å². The van der Waals surface area contributed by atoms with Crippen LogP contribution in [0.3, 0.4) is 0 Å². The highest BCUT2D eigenvalue weighted by molar-refractivity contribution is 7.26. The lowest BCUT2D eigenvalue weighted by molar-refractivity contribution is 0.103. The first-order valence-electron chi connectivity index (χ1n) is 21.2. The fourth-order valence-electron chi connectivity index (χ4n) is 9.93. The van der Waals surface area contributed by atoms with Gasteiger partial charge in [-0.1, -0.05) is 147 Å². The fraction of sp³-hybridized carbons (Fsp3) is 0.0517. The van der Waals surface area contributed by atoms with Crippen molar-refractivity contribution in [2.75, 3.05) is 4.90 Å². The Hall–Kier alpha value is -7.53. The summed E-state index contributed by atoms with van der Waals surface area (Å²) in [5.74, 6) is 0.0982. The second-order valence-corrected chi connectivity index (χ2v) is 17.9. The van der Waals surface area contributed by atoms with Crippen molar-refractivity contribution in [1.29, 1.82) is 0 Å². The maximum atomic E-state index is 13.7. The molecule has 2 aromatic heterocycles. The smallest absolute Gasteiger partial charge is 0.193 e. The molecule has 9 aromatic carbocycles. The van der Waals surface area contributed by atoms with Crippen LogP contribution in [0.15, 0.2) is 206 Å². The number of ketones is 1. The third-order valence-corrected chi connectivity index (χ3v) is 14.2. The van der Waals surface area contributed by atoms with Crippen LogP contribution < -0.4 is 4.90 Å². The Morgan fingerprint density at radius 2 is 1.08 bits per heavy atom. The summed E-state index contributed by atoms with van der Waals surface area (Å²) in [5, 5.41) is 4.93. The second-order valence-electron chi connectivity index (χ2n) is 16.9.